The second-order valence-electron chi connectivity index (χ2n) is 7.30. The lowest BCUT2D eigenvalue weighted by molar-refractivity contribution is -0.121. The summed E-state index contributed by atoms with van der Waals surface area (Å²) in [5.41, 5.74) is 1.69. The highest BCUT2D eigenvalue weighted by Gasteiger charge is 2.32. The van der Waals surface area contributed by atoms with E-state index in [1.807, 2.05) is 12.1 Å². The highest BCUT2D eigenvalue weighted by atomic mass is 32.2. The van der Waals surface area contributed by atoms with E-state index in [1.54, 1.807) is 12.1 Å². The molecule has 0 radical (unpaired) electrons. The Balaban J connectivity index is 1.62. The van der Waals surface area contributed by atoms with Crippen LogP contribution in [0.5, 0.6) is 5.75 Å². The summed E-state index contributed by atoms with van der Waals surface area (Å²) in [6.07, 6.45) is 2.56. The van der Waals surface area contributed by atoms with Gasteiger partial charge in [0.15, 0.2) is 0 Å². The van der Waals surface area contributed by atoms with Gasteiger partial charge in [-0.25, -0.2) is 8.42 Å². The number of nitrogens with zero attached hydrogens (tertiary/aromatic N) is 2. The highest BCUT2D eigenvalue weighted by molar-refractivity contribution is 7.92. The van der Waals surface area contributed by atoms with Crippen molar-refractivity contribution in [1.29, 1.82) is 0 Å². The number of rotatable bonds is 6. The highest BCUT2D eigenvalue weighted by Crippen LogP contribution is 2.33. The largest absolute Gasteiger partial charge is 0.495 e. The number of hydrogen-bond donors (Lipinski definition) is 1. The number of ether oxygens (including phenoxy) is 1. The van der Waals surface area contributed by atoms with Crippen molar-refractivity contribution in [3.8, 4) is 5.75 Å². The van der Waals surface area contributed by atoms with Crippen LogP contribution in [0.25, 0.3) is 0 Å². The van der Waals surface area contributed by atoms with Crippen LogP contribution in [0.15, 0.2) is 47.4 Å². The van der Waals surface area contributed by atoms with E-state index in [9.17, 15) is 18.0 Å². The van der Waals surface area contributed by atoms with Gasteiger partial charge in [0.25, 0.3) is 10.0 Å². The summed E-state index contributed by atoms with van der Waals surface area (Å²) < 4.78 is 33.9. The summed E-state index contributed by atoms with van der Waals surface area (Å²) in [5.74, 6) is -0.572. The standard InChI is InChI=1S/C21H23N3O5S/c1-29-18-9-8-17(24-20(25)10-11-21(24)26)14-19(18)30(27,28)22-15-4-6-16(7-5-15)23-12-2-3-13-23/h4-9,14,22H,2-3,10-13H2,1H3. The maximum atomic E-state index is 13.1. The van der Waals surface area contributed by atoms with Crippen molar-refractivity contribution in [2.45, 2.75) is 30.6 Å². The molecule has 2 aliphatic rings. The van der Waals surface area contributed by atoms with Gasteiger partial charge < -0.3 is 9.64 Å². The molecule has 0 bridgehead atoms. The van der Waals surface area contributed by atoms with E-state index < -0.39 is 10.0 Å². The molecule has 158 valence electrons. The molecule has 2 aromatic rings. The molecule has 0 aromatic heterocycles. The summed E-state index contributed by atoms with van der Waals surface area (Å²) >= 11 is 0. The Morgan fingerprint density at radius 2 is 1.50 bits per heavy atom. The van der Waals surface area contributed by atoms with E-state index in [2.05, 4.69) is 9.62 Å². The second kappa shape index (κ2) is 7.98. The smallest absolute Gasteiger partial charge is 0.265 e. The van der Waals surface area contributed by atoms with Gasteiger partial charge in [-0.1, -0.05) is 0 Å². The Morgan fingerprint density at radius 3 is 2.10 bits per heavy atom. The van der Waals surface area contributed by atoms with Gasteiger partial charge in [0.2, 0.25) is 11.8 Å². The quantitative estimate of drug-likeness (QED) is 0.710. The Labute approximate surface area is 175 Å². The maximum Gasteiger partial charge on any atom is 0.265 e. The Morgan fingerprint density at radius 1 is 0.900 bits per heavy atom. The number of nitrogens with one attached hydrogen (secondary N) is 1. The molecule has 1 N–H and O–H groups in total. The number of methoxy groups -OCH3 is 1. The van der Waals surface area contributed by atoms with Gasteiger partial charge in [0.05, 0.1) is 12.8 Å². The number of sulfonamides is 1. The summed E-state index contributed by atoms with van der Waals surface area (Å²) in [6, 6.07) is 11.4. The topological polar surface area (TPSA) is 96.0 Å². The normalized spacial score (nSPS) is 17.0. The lowest BCUT2D eigenvalue weighted by atomic mass is 10.2. The van der Waals surface area contributed by atoms with Crippen LogP contribution in [-0.2, 0) is 19.6 Å². The van der Waals surface area contributed by atoms with Gasteiger partial charge in [-0.3, -0.25) is 19.2 Å². The molecule has 30 heavy (non-hydrogen) atoms. The third-order valence-corrected chi connectivity index (χ3v) is 6.74. The summed E-state index contributed by atoms with van der Waals surface area (Å²) in [5, 5.41) is 0. The number of benzene rings is 2. The van der Waals surface area contributed by atoms with E-state index in [-0.39, 0.29) is 41.0 Å². The zero-order valence-electron chi connectivity index (χ0n) is 16.6. The zero-order valence-corrected chi connectivity index (χ0v) is 17.4. The average molecular weight is 429 g/mol. The lowest BCUT2D eigenvalue weighted by Gasteiger charge is -2.19. The Kier molecular flexibility index (Phi) is 5.38. The third-order valence-electron chi connectivity index (χ3n) is 5.34. The van der Waals surface area contributed by atoms with Crippen molar-refractivity contribution in [3.63, 3.8) is 0 Å². The predicted molar refractivity (Wildman–Crippen MR) is 113 cm³/mol. The molecule has 0 spiro atoms. The first-order valence-electron chi connectivity index (χ1n) is 9.81. The number of carbonyl (C=O) groups excluding carboxylic acids is 2. The number of anilines is 3. The minimum absolute atomic E-state index is 0.120. The van der Waals surface area contributed by atoms with Crippen molar-refractivity contribution in [2.75, 3.05) is 34.7 Å². The molecule has 4 rings (SSSR count). The second-order valence-corrected chi connectivity index (χ2v) is 8.96. The molecule has 2 aromatic carbocycles. The zero-order chi connectivity index (χ0) is 21.3. The van der Waals surface area contributed by atoms with Crippen molar-refractivity contribution < 1.29 is 22.7 Å². The molecule has 2 aliphatic heterocycles. The maximum absolute atomic E-state index is 13.1. The van der Waals surface area contributed by atoms with Gasteiger partial charge in [0.1, 0.15) is 10.6 Å². The fraction of sp³-hybridized carbons (Fsp3) is 0.333. The first kappa shape index (κ1) is 20.2. The van der Waals surface area contributed by atoms with Crippen LogP contribution in [0, 0.1) is 0 Å². The first-order chi connectivity index (χ1) is 14.4. The fourth-order valence-corrected chi connectivity index (χ4v) is 5.05. The van der Waals surface area contributed by atoms with E-state index >= 15 is 0 Å². The molecule has 0 aliphatic carbocycles. The van der Waals surface area contributed by atoms with Gasteiger partial charge in [-0.15, -0.1) is 0 Å². The van der Waals surface area contributed by atoms with Crippen molar-refractivity contribution >= 4 is 38.9 Å². The summed E-state index contributed by atoms with van der Waals surface area (Å²) in [6.45, 7) is 2.01. The molecule has 2 heterocycles. The van der Waals surface area contributed by atoms with Crippen LogP contribution in [-0.4, -0.2) is 40.4 Å². The first-order valence-corrected chi connectivity index (χ1v) is 11.3. The van der Waals surface area contributed by atoms with Gasteiger partial charge in [-0.05, 0) is 55.3 Å². The SMILES string of the molecule is COc1ccc(N2C(=O)CCC2=O)cc1S(=O)(=O)Nc1ccc(N2CCCC2)cc1. The van der Waals surface area contributed by atoms with E-state index in [1.165, 1.54) is 25.3 Å². The van der Waals surface area contributed by atoms with Crippen LogP contribution in [0.4, 0.5) is 17.1 Å². The predicted octanol–water partition coefficient (Wildman–Crippen LogP) is 2.75. The Bertz CT molecular complexity index is 1060. The number of hydrogen-bond acceptors (Lipinski definition) is 6. The van der Waals surface area contributed by atoms with E-state index in [0.29, 0.717) is 5.69 Å². The van der Waals surface area contributed by atoms with Crippen LogP contribution < -0.4 is 19.3 Å². The van der Waals surface area contributed by atoms with Crippen molar-refractivity contribution in [1.82, 2.24) is 0 Å². The van der Waals surface area contributed by atoms with E-state index in [0.717, 1.165) is 36.5 Å². The summed E-state index contributed by atoms with van der Waals surface area (Å²) in [7, 11) is -2.65. The fourth-order valence-electron chi connectivity index (χ4n) is 3.80. The van der Waals surface area contributed by atoms with Gasteiger partial charge in [-0.2, -0.15) is 0 Å². The molecule has 0 atom stereocenters. The average Bonchev–Trinajstić information content (AvgIpc) is 3.38. The number of carbonyl (C=O) groups is 2. The molecular formula is C21H23N3O5S. The Hall–Kier alpha value is -3.07. The molecule has 2 amide bonds. The molecule has 2 saturated heterocycles. The third kappa shape index (κ3) is 3.85. The molecule has 9 heteroatoms. The van der Waals surface area contributed by atoms with Crippen LogP contribution in [0.2, 0.25) is 0 Å². The molecular weight excluding hydrogens is 406 g/mol. The minimum atomic E-state index is -4.01. The minimum Gasteiger partial charge on any atom is -0.495 e. The molecule has 0 saturated carbocycles. The van der Waals surface area contributed by atoms with Gasteiger partial charge in [0, 0.05) is 37.3 Å². The van der Waals surface area contributed by atoms with Crippen LogP contribution in [0.3, 0.4) is 0 Å². The van der Waals surface area contributed by atoms with Crippen LogP contribution >= 0.6 is 0 Å². The van der Waals surface area contributed by atoms with Crippen molar-refractivity contribution in [2.24, 2.45) is 0 Å². The van der Waals surface area contributed by atoms with Crippen molar-refractivity contribution in [3.05, 3.63) is 42.5 Å². The number of imide groups is 1. The monoisotopic (exact) mass is 429 g/mol. The number of amides is 2. The summed E-state index contributed by atoms with van der Waals surface area (Å²) in [4.78, 5) is 27.2. The lowest BCUT2D eigenvalue weighted by Crippen LogP contribution is -2.28. The van der Waals surface area contributed by atoms with E-state index in [4.69, 9.17) is 4.74 Å². The molecule has 2 fully saturated rings. The van der Waals surface area contributed by atoms with Gasteiger partial charge >= 0.3 is 0 Å². The molecule has 8 nitrogen and oxygen atoms in total. The van der Waals surface area contributed by atoms with Crippen LogP contribution in [0.1, 0.15) is 25.7 Å². The molecule has 0 unspecified atom stereocenters.